The summed E-state index contributed by atoms with van der Waals surface area (Å²) in [6.45, 7) is 3.55. The molecule has 0 saturated heterocycles. The fourth-order valence-corrected chi connectivity index (χ4v) is 2.11. The van der Waals surface area contributed by atoms with E-state index >= 15 is 0 Å². The number of aryl methyl sites for hydroxylation is 1. The van der Waals surface area contributed by atoms with E-state index in [1.54, 1.807) is 44.2 Å². The molecule has 0 heterocycles. The van der Waals surface area contributed by atoms with Gasteiger partial charge in [0.15, 0.2) is 0 Å². The predicted octanol–water partition coefficient (Wildman–Crippen LogP) is 4.22. The van der Waals surface area contributed by atoms with Crippen LogP contribution < -0.4 is 5.32 Å². The molecule has 5 heteroatoms. The van der Waals surface area contributed by atoms with Gasteiger partial charge in [0.1, 0.15) is 11.5 Å². The smallest absolute Gasteiger partial charge is 0.292 e. The third kappa shape index (κ3) is 2.77. The van der Waals surface area contributed by atoms with Gasteiger partial charge < -0.3 is 5.32 Å². The van der Waals surface area contributed by atoms with Gasteiger partial charge in [0.2, 0.25) is 0 Å². The largest absolute Gasteiger partial charge is 0.373 e. The highest BCUT2D eigenvalue weighted by Gasteiger charge is 2.19. The Balaban J connectivity index is 2.35. The van der Waals surface area contributed by atoms with Gasteiger partial charge in [-0.05, 0) is 25.5 Å². The van der Waals surface area contributed by atoms with E-state index in [1.165, 1.54) is 12.1 Å². The first-order valence-corrected chi connectivity index (χ1v) is 6.25. The number of rotatable bonds is 4. The number of halogens is 1. The Morgan fingerprint density at radius 3 is 2.55 bits per heavy atom. The molecule has 0 radical (unpaired) electrons. The van der Waals surface area contributed by atoms with Crippen molar-refractivity contribution in [1.82, 2.24) is 0 Å². The average Bonchev–Trinajstić information content (AvgIpc) is 2.41. The van der Waals surface area contributed by atoms with Crippen LogP contribution >= 0.6 is 0 Å². The molecule has 2 rings (SSSR count). The second-order valence-corrected chi connectivity index (χ2v) is 4.61. The second kappa shape index (κ2) is 5.69. The molecule has 4 nitrogen and oxygen atoms in total. The van der Waals surface area contributed by atoms with Crippen LogP contribution in [0.15, 0.2) is 42.5 Å². The minimum absolute atomic E-state index is 0.00631. The third-order valence-corrected chi connectivity index (χ3v) is 3.18. The zero-order valence-corrected chi connectivity index (χ0v) is 11.3. The van der Waals surface area contributed by atoms with Crippen molar-refractivity contribution in [3.63, 3.8) is 0 Å². The van der Waals surface area contributed by atoms with Crippen LogP contribution in [0.25, 0.3) is 0 Å². The molecule has 104 valence electrons. The van der Waals surface area contributed by atoms with Gasteiger partial charge in [0, 0.05) is 11.6 Å². The Labute approximate surface area is 116 Å². The first kappa shape index (κ1) is 14.0. The van der Waals surface area contributed by atoms with E-state index < -0.39 is 4.92 Å². The molecule has 2 aromatic carbocycles. The molecule has 20 heavy (non-hydrogen) atoms. The number of hydrogen-bond acceptors (Lipinski definition) is 3. The second-order valence-electron chi connectivity index (χ2n) is 4.61. The molecule has 2 aromatic rings. The van der Waals surface area contributed by atoms with Gasteiger partial charge in [-0.3, -0.25) is 10.1 Å². The first-order chi connectivity index (χ1) is 9.50. The van der Waals surface area contributed by atoms with Gasteiger partial charge in [0.05, 0.1) is 11.0 Å². The molecule has 0 bridgehead atoms. The number of hydrogen-bond donors (Lipinski definition) is 1. The van der Waals surface area contributed by atoms with Crippen molar-refractivity contribution >= 4 is 11.4 Å². The third-order valence-electron chi connectivity index (χ3n) is 3.18. The minimum atomic E-state index is -0.441. The molecule has 1 N–H and O–H groups in total. The molecule has 0 aliphatic carbocycles. The summed E-state index contributed by atoms with van der Waals surface area (Å²) >= 11 is 0. The zero-order chi connectivity index (χ0) is 14.7. The first-order valence-electron chi connectivity index (χ1n) is 6.25. The topological polar surface area (TPSA) is 55.2 Å². The van der Waals surface area contributed by atoms with Crippen molar-refractivity contribution in [3.05, 3.63) is 69.5 Å². The van der Waals surface area contributed by atoms with Gasteiger partial charge in [-0.25, -0.2) is 4.39 Å². The van der Waals surface area contributed by atoms with Crippen molar-refractivity contribution in [2.45, 2.75) is 19.9 Å². The summed E-state index contributed by atoms with van der Waals surface area (Å²) in [5.41, 5.74) is 1.65. The SMILES string of the molecule is Cc1cccc([N+](=O)[O-])c1NC(C)c1ccccc1F. The fraction of sp³-hybridized carbons (Fsp3) is 0.200. The van der Waals surface area contributed by atoms with E-state index in [1.807, 2.05) is 0 Å². The summed E-state index contributed by atoms with van der Waals surface area (Å²) in [5, 5.41) is 14.1. The lowest BCUT2D eigenvalue weighted by Gasteiger charge is -2.17. The fourth-order valence-electron chi connectivity index (χ4n) is 2.11. The Hall–Kier alpha value is -2.43. The van der Waals surface area contributed by atoms with Crippen LogP contribution in [0.1, 0.15) is 24.1 Å². The maximum Gasteiger partial charge on any atom is 0.292 e. The Morgan fingerprint density at radius 1 is 1.20 bits per heavy atom. The normalized spacial score (nSPS) is 11.9. The van der Waals surface area contributed by atoms with Crippen LogP contribution in [0, 0.1) is 22.9 Å². The molecular formula is C15H15FN2O2. The van der Waals surface area contributed by atoms with Crippen molar-refractivity contribution in [3.8, 4) is 0 Å². The quantitative estimate of drug-likeness (QED) is 0.671. The number of nitro groups is 1. The molecule has 0 aliphatic heterocycles. The van der Waals surface area contributed by atoms with Crippen molar-refractivity contribution in [2.24, 2.45) is 0 Å². The molecule has 1 unspecified atom stereocenters. The average molecular weight is 274 g/mol. The summed E-state index contributed by atoms with van der Waals surface area (Å²) in [4.78, 5) is 10.6. The number of nitrogens with zero attached hydrogens (tertiary/aromatic N) is 1. The maximum absolute atomic E-state index is 13.7. The van der Waals surface area contributed by atoms with Crippen LogP contribution in [0.4, 0.5) is 15.8 Å². The van der Waals surface area contributed by atoms with Crippen molar-refractivity contribution < 1.29 is 9.31 Å². The van der Waals surface area contributed by atoms with E-state index in [-0.39, 0.29) is 17.5 Å². The van der Waals surface area contributed by atoms with Crippen molar-refractivity contribution in [1.29, 1.82) is 0 Å². The van der Waals surface area contributed by atoms with Gasteiger partial charge >= 0.3 is 0 Å². The molecular weight excluding hydrogens is 259 g/mol. The highest BCUT2D eigenvalue weighted by atomic mass is 19.1. The Morgan fingerprint density at radius 2 is 1.90 bits per heavy atom. The number of benzene rings is 2. The molecule has 0 amide bonds. The number of anilines is 1. The monoisotopic (exact) mass is 274 g/mol. The number of nitrogens with one attached hydrogen (secondary N) is 1. The summed E-state index contributed by atoms with van der Waals surface area (Å²) in [6, 6.07) is 10.9. The maximum atomic E-state index is 13.7. The van der Waals surface area contributed by atoms with Gasteiger partial charge in [-0.1, -0.05) is 30.3 Å². The van der Waals surface area contributed by atoms with Gasteiger partial charge in [0.25, 0.3) is 5.69 Å². The lowest BCUT2D eigenvalue weighted by atomic mass is 10.1. The minimum Gasteiger partial charge on any atom is -0.373 e. The van der Waals surface area contributed by atoms with E-state index in [0.29, 0.717) is 11.3 Å². The van der Waals surface area contributed by atoms with Crippen LogP contribution in [0.2, 0.25) is 0 Å². The Kier molecular flexibility index (Phi) is 3.98. The lowest BCUT2D eigenvalue weighted by Crippen LogP contribution is -2.11. The van der Waals surface area contributed by atoms with Crippen molar-refractivity contribution in [2.75, 3.05) is 5.32 Å². The molecule has 0 aromatic heterocycles. The molecule has 0 aliphatic rings. The Bertz CT molecular complexity index is 644. The standard InChI is InChI=1S/C15H15FN2O2/c1-10-6-5-9-14(18(19)20)15(10)17-11(2)12-7-3-4-8-13(12)16/h3-9,11,17H,1-2H3. The molecule has 0 fully saturated rings. The summed E-state index contributed by atoms with van der Waals surface area (Å²) in [5.74, 6) is -0.330. The van der Waals surface area contributed by atoms with Gasteiger partial charge in [-0.2, -0.15) is 0 Å². The van der Waals surface area contributed by atoms with Crippen LogP contribution in [-0.2, 0) is 0 Å². The predicted molar refractivity (Wildman–Crippen MR) is 76.3 cm³/mol. The van der Waals surface area contributed by atoms with E-state index in [9.17, 15) is 14.5 Å². The van der Waals surface area contributed by atoms with Crippen LogP contribution in [-0.4, -0.2) is 4.92 Å². The summed E-state index contributed by atoms with van der Waals surface area (Å²) in [6.07, 6.45) is 0. The molecule has 1 atom stereocenters. The van der Waals surface area contributed by atoms with E-state index in [0.717, 1.165) is 5.56 Å². The zero-order valence-electron chi connectivity index (χ0n) is 11.3. The summed E-state index contributed by atoms with van der Waals surface area (Å²) in [7, 11) is 0. The van der Waals surface area contributed by atoms with E-state index in [4.69, 9.17) is 0 Å². The van der Waals surface area contributed by atoms with Crippen LogP contribution in [0.5, 0.6) is 0 Å². The molecule has 0 spiro atoms. The van der Waals surface area contributed by atoms with E-state index in [2.05, 4.69) is 5.32 Å². The lowest BCUT2D eigenvalue weighted by molar-refractivity contribution is -0.384. The highest BCUT2D eigenvalue weighted by Crippen LogP contribution is 2.31. The summed E-state index contributed by atoms with van der Waals surface area (Å²) < 4.78 is 13.7. The van der Waals surface area contributed by atoms with Crippen LogP contribution in [0.3, 0.4) is 0 Å². The molecule has 0 saturated carbocycles. The number of nitro benzene ring substituents is 1. The highest BCUT2D eigenvalue weighted by molar-refractivity contribution is 5.66. The van der Waals surface area contributed by atoms with Gasteiger partial charge in [-0.15, -0.1) is 0 Å². The number of para-hydroxylation sites is 1.